The Labute approximate surface area is 131 Å². The number of hydrogen-bond donors (Lipinski definition) is 3. The lowest BCUT2D eigenvalue weighted by Gasteiger charge is -2.33. The first-order valence-corrected chi connectivity index (χ1v) is 9.29. The van der Waals surface area contributed by atoms with E-state index in [2.05, 4.69) is 6.92 Å². The van der Waals surface area contributed by atoms with Gasteiger partial charge in [0.1, 0.15) is 0 Å². The van der Waals surface area contributed by atoms with Crippen molar-refractivity contribution in [1.29, 1.82) is 0 Å². The minimum Gasteiger partial charge on any atom is -0.330 e. The maximum absolute atomic E-state index is 5.82. The lowest BCUT2D eigenvalue weighted by atomic mass is 9.75. The number of fused-ring (bicyclic) bond motifs is 2. The van der Waals surface area contributed by atoms with Gasteiger partial charge in [-0.1, -0.05) is 19.8 Å². The van der Waals surface area contributed by atoms with Crippen molar-refractivity contribution in [3.63, 3.8) is 0 Å². The van der Waals surface area contributed by atoms with Crippen LogP contribution in [0, 0.1) is 23.2 Å². The maximum Gasteiger partial charge on any atom is 0.00390 e. The normalized spacial score (nSPS) is 41.7. The van der Waals surface area contributed by atoms with Crippen LogP contribution in [-0.2, 0) is 0 Å². The summed E-state index contributed by atoms with van der Waals surface area (Å²) in [6.07, 6.45) is 13.6. The predicted octanol–water partition coefficient (Wildman–Crippen LogP) is 3.01. The van der Waals surface area contributed by atoms with Gasteiger partial charge in [-0.3, -0.25) is 0 Å². The summed E-state index contributed by atoms with van der Waals surface area (Å²) >= 11 is 0. The van der Waals surface area contributed by atoms with Crippen LogP contribution >= 0.6 is 0 Å². The topological polar surface area (TPSA) is 78.1 Å². The van der Waals surface area contributed by atoms with Crippen LogP contribution in [0.4, 0.5) is 0 Å². The van der Waals surface area contributed by atoms with Crippen LogP contribution in [0.2, 0.25) is 0 Å². The molecule has 3 rings (SSSR count). The second-order valence-electron chi connectivity index (χ2n) is 7.91. The SMILES string of the molecule is CCCC1CCC(N)CC1.NCC1CC2CCC1(CN)C2. The molecule has 0 aromatic heterocycles. The molecular formula is C18H37N3. The number of rotatable bonds is 4. The van der Waals surface area contributed by atoms with Crippen LogP contribution in [0.5, 0.6) is 0 Å². The van der Waals surface area contributed by atoms with Gasteiger partial charge < -0.3 is 17.2 Å². The summed E-state index contributed by atoms with van der Waals surface area (Å²) in [5.74, 6) is 2.71. The zero-order chi connectivity index (χ0) is 15.3. The third-order valence-corrected chi connectivity index (χ3v) is 6.51. The van der Waals surface area contributed by atoms with E-state index >= 15 is 0 Å². The zero-order valence-corrected chi connectivity index (χ0v) is 14.0. The first-order valence-electron chi connectivity index (χ1n) is 9.29. The van der Waals surface area contributed by atoms with Gasteiger partial charge in [-0.15, -0.1) is 0 Å². The Balaban J connectivity index is 0.000000155. The first-order chi connectivity index (χ1) is 10.1. The molecule has 3 fully saturated rings. The van der Waals surface area contributed by atoms with E-state index < -0.39 is 0 Å². The van der Waals surface area contributed by atoms with Crippen molar-refractivity contribution < 1.29 is 0 Å². The molecule has 0 saturated heterocycles. The molecule has 0 aromatic rings. The van der Waals surface area contributed by atoms with E-state index in [1.165, 1.54) is 64.2 Å². The molecule has 0 amide bonds. The van der Waals surface area contributed by atoms with E-state index in [0.717, 1.165) is 30.8 Å². The van der Waals surface area contributed by atoms with Gasteiger partial charge in [0.2, 0.25) is 0 Å². The molecule has 3 aliphatic carbocycles. The molecule has 3 unspecified atom stereocenters. The molecule has 124 valence electrons. The van der Waals surface area contributed by atoms with Crippen LogP contribution < -0.4 is 17.2 Å². The van der Waals surface area contributed by atoms with Gasteiger partial charge in [0.25, 0.3) is 0 Å². The third kappa shape index (κ3) is 4.20. The number of hydrogen-bond acceptors (Lipinski definition) is 3. The fourth-order valence-electron chi connectivity index (χ4n) is 5.08. The van der Waals surface area contributed by atoms with Crippen molar-refractivity contribution in [2.24, 2.45) is 40.4 Å². The van der Waals surface area contributed by atoms with E-state index in [-0.39, 0.29) is 0 Å². The Morgan fingerprint density at radius 2 is 1.76 bits per heavy atom. The van der Waals surface area contributed by atoms with Gasteiger partial charge in [-0.25, -0.2) is 0 Å². The highest BCUT2D eigenvalue weighted by molar-refractivity contribution is 5.02. The Hall–Kier alpha value is -0.120. The molecule has 0 aliphatic heterocycles. The third-order valence-electron chi connectivity index (χ3n) is 6.51. The molecule has 0 heterocycles. The summed E-state index contributed by atoms with van der Waals surface area (Å²) in [5, 5.41) is 0. The quantitative estimate of drug-likeness (QED) is 0.746. The number of nitrogens with two attached hydrogens (primary N) is 3. The Morgan fingerprint density at radius 3 is 2.24 bits per heavy atom. The van der Waals surface area contributed by atoms with Gasteiger partial charge in [-0.2, -0.15) is 0 Å². The molecule has 0 radical (unpaired) electrons. The highest BCUT2D eigenvalue weighted by Crippen LogP contribution is 2.56. The summed E-state index contributed by atoms with van der Waals surface area (Å²) in [5.41, 5.74) is 17.8. The van der Waals surface area contributed by atoms with E-state index in [1.807, 2.05) is 0 Å². The van der Waals surface area contributed by atoms with Crippen molar-refractivity contribution in [3.8, 4) is 0 Å². The minimum atomic E-state index is 0.472. The summed E-state index contributed by atoms with van der Waals surface area (Å²) in [6, 6.07) is 0.521. The standard InChI is InChI=1S/C9H18N2.C9H19N/c10-5-8-3-7-1-2-9(8,4-7)6-11;1-2-3-8-4-6-9(10)7-5-8/h7-8H,1-6,10-11H2;8-9H,2-7,10H2,1H3. The lowest BCUT2D eigenvalue weighted by Crippen LogP contribution is -2.37. The summed E-state index contributed by atoms with van der Waals surface area (Å²) in [7, 11) is 0. The van der Waals surface area contributed by atoms with Crippen molar-refractivity contribution in [3.05, 3.63) is 0 Å². The molecule has 3 saturated carbocycles. The zero-order valence-electron chi connectivity index (χ0n) is 14.0. The molecule has 6 N–H and O–H groups in total. The van der Waals surface area contributed by atoms with Crippen molar-refractivity contribution in [1.82, 2.24) is 0 Å². The predicted molar refractivity (Wildman–Crippen MR) is 90.8 cm³/mol. The maximum atomic E-state index is 5.82. The van der Waals surface area contributed by atoms with E-state index in [4.69, 9.17) is 17.2 Å². The molecule has 0 aromatic carbocycles. The smallest absolute Gasteiger partial charge is 0.00390 e. The Bertz CT molecular complexity index is 299. The average molecular weight is 296 g/mol. The van der Waals surface area contributed by atoms with Crippen molar-refractivity contribution in [2.75, 3.05) is 13.1 Å². The van der Waals surface area contributed by atoms with Crippen molar-refractivity contribution in [2.45, 2.75) is 77.2 Å². The molecular weight excluding hydrogens is 258 g/mol. The van der Waals surface area contributed by atoms with E-state index in [9.17, 15) is 0 Å². The fourth-order valence-corrected chi connectivity index (χ4v) is 5.08. The van der Waals surface area contributed by atoms with E-state index in [1.54, 1.807) is 0 Å². The summed E-state index contributed by atoms with van der Waals surface area (Å²) in [4.78, 5) is 0. The lowest BCUT2D eigenvalue weighted by molar-refractivity contribution is 0.200. The van der Waals surface area contributed by atoms with Crippen LogP contribution in [0.15, 0.2) is 0 Å². The monoisotopic (exact) mass is 295 g/mol. The molecule has 3 heteroatoms. The van der Waals surface area contributed by atoms with Gasteiger partial charge >= 0.3 is 0 Å². The fraction of sp³-hybridized carbons (Fsp3) is 1.00. The summed E-state index contributed by atoms with van der Waals surface area (Å²) in [6.45, 7) is 3.99. The highest BCUT2D eigenvalue weighted by Gasteiger charge is 2.50. The molecule has 3 nitrogen and oxygen atoms in total. The molecule has 0 spiro atoms. The molecule has 3 atom stereocenters. The minimum absolute atomic E-state index is 0.472. The van der Waals surface area contributed by atoms with Crippen LogP contribution in [0.25, 0.3) is 0 Å². The van der Waals surface area contributed by atoms with Crippen molar-refractivity contribution >= 4 is 0 Å². The van der Waals surface area contributed by atoms with Gasteiger partial charge in [0.15, 0.2) is 0 Å². The van der Waals surface area contributed by atoms with Crippen LogP contribution in [0.3, 0.4) is 0 Å². The second-order valence-corrected chi connectivity index (χ2v) is 7.91. The van der Waals surface area contributed by atoms with Gasteiger partial charge in [-0.05, 0) is 87.6 Å². The van der Waals surface area contributed by atoms with Crippen LogP contribution in [-0.4, -0.2) is 19.1 Å². The Morgan fingerprint density at radius 1 is 1.05 bits per heavy atom. The molecule has 21 heavy (non-hydrogen) atoms. The molecule has 2 bridgehead atoms. The largest absolute Gasteiger partial charge is 0.330 e. The Kier molecular flexibility index (Phi) is 6.51. The highest BCUT2D eigenvalue weighted by atomic mass is 14.7. The first kappa shape index (κ1) is 17.2. The van der Waals surface area contributed by atoms with Gasteiger partial charge in [0, 0.05) is 6.04 Å². The second kappa shape index (κ2) is 7.94. The summed E-state index contributed by atoms with van der Waals surface area (Å²) < 4.78 is 0. The van der Waals surface area contributed by atoms with Crippen LogP contribution in [0.1, 0.15) is 71.1 Å². The van der Waals surface area contributed by atoms with Gasteiger partial charge in [0.05, 0.1) is 0 Å². The van der Waals surface area contributed by atoms with E-state index in [0.29, 0.717) is 11.5 Å². The molecule has 3 aliphatic rings. The average Bonchev–Trinajstić information content (AvgIpc) is 3.09.